The van der Waals surface area contributed by atoms with Gasteiger partial charge in [0.05, 0.1) is 24.1 Å². The molecule has 0 aliphatic rings. The molecule has 0 amide bonds. The van der Waals surface area contributed by atoms with E-state index in [9.17, 15) is 5.11 Å². The number of phenolic OH excluding ortho intramolecular Hbond substituents is 1. The van der Waals surface area contributed by atoms with Gasteiger partial charge in [0.2, 0.25) is 0 Å². The molecule has 0 aromatic heterocycles. The number of benzene rings is 1. The van der Waals surface area contributed by atoms with Gasteiger partial charge in [0.25, 0.3) is 0 Å². The number of phenols is 1. The maximum absolute atomic E-state index is 9.25. The predicted octanol–water partition coefficient (Wildman–Crippen LogP) is 1.25. The summed E-state index contributed by atoms with van der Waals surface area (Å²) in [5, 5.41) is 10.7. The lowest BCUT2D eigenvalue weighted by molar-refractivity contribution is 0.0848. The van der Waals surface area contributed by atoms with Crippen LogP contribution in [0, 0.1) is 0 Å². The molecule has 0 atom stereocenters. The van der Waals surface area contributed by atoms with Crippen LogP contribution in [-0.2, 0) is 4.74 Å². The first-order chi connectivity index (χ1) is 8.41. The van der Waals surface area contributed by atoms with Gasteiger partial charge in [0.1, 0.15) is 5.75 Å². The molecule has 0 saturated heterocycles. The number of hydrazine groups is 1. The number of hydrogen-bond donors (Lipinski definition) is 3. The average molecular weight is 251 g/mol. The van der Waals surface area contributed by atoms with E-state index < -0.39 is 0 Å². The van der Waals surface area contributed by atoms with Crippen molar-refractivity contribution in [3.05, 3.63) is 35.5 Å². The molecule has 100 valence electrons. The molecular formula is C13H21N3O2. The minimum Gasteiger partial charge on any atom is -0.508 e. The Balaban J connectivity index is 2.99. The molecule has 0 heterocycles. The summed E-state index contributed by atoms with van der Waals surface area (Å²) < 4.78 is 5.52. The molecule has 0 bridgehead atoms. The predicted molar refractivity (Wildman–Crippen MR) is 72.3 cm³/mol. The van der Waals surface area contributed by atoms with Crippen molar-refractivity contribution in [2.75, 3.05) is 13.7 Å². The summed E-state index contributed by atoms with van der Waals surface area (Å²) in [5.74, 6) is 5.96. The lowest BCUT2D eigenvalue weighted by atomic mass is 10.1. The second-order valence-corrected chi connectivity index (χ2v) is 4.38. The van der Waals surface area contributed by atoms with Crippen LogP contribution in [0.3, 0.4) is 0 Å². The van der Waals surface area contributed by atoms with Gasteiger partial charge in [-0.2, -0.15) is 0 Å². The standard InChI is InChI=1S/C13H21N3O2/c1-9(2)18-8-12(16(3)15)13(14)10-4-6-11(17)7-5-10/h4-7,9,17H,8,14-15H2,1-3H3/b13-12-. The van der Waals surface area contributed by atoms with Crippen LogP contribution in [0.5, 0.6) is 5.75 Å². The van der Waals surface area contributed by atoms with E-state index >= 15 is 0 Å². The minimum absolute atomic E-state index is 0.104. The maximum atomic E-state index is 9.25. The van der Waals surface area contributed by atoms with Crippen molar-refractivity contribution in [2.45, 2.75) is 20.0 Å². The molecule has 18 heavy (non-hydrogen) atoms. The van der Waals surface area contributed by atoms with Crippen molar-refractivity contribution in [1.29, 1.82) is 0 Å². The number of nitrogens with zero attached hydrogens (tertiary/aromatic N) is 1. The van der Waals surface area contributed by atoms with Crippen molar-refractivity contribution in [3.63, 3.8) is 0 Å². The average Bonchev–Trinajstić information content (AvgIpc) is 2.29. The molecule has 0 saturated carbocycles. The molecule has 0 aliphatic carbocycles. The van der Waals surface area contributed by atoms with Gasteiger partial charge < -0.3 is 20.6 Å². The van der Waals surface area contributed by atoms with Gasteiger partial charge in [-0.3, -0.25) is 0 Å². The molecule has 0 aliphatic heterocycles. The van der Waals surface area contributed by atoms with Crippen molar-refractivity contribution < 1.29 is 9.84 Å². The van der Waals surface area contributed by atoms with E-state index in [1.165, 1.54) is 5.01 Å². The second-order valence-electron chi connectivity index (χ2n) is 4.38. The Morgan fingerprint density at radius 1 is 1.33 bits per heavy atom. The van der Waals surface area contributed by atoms with E-state index in [1.54, 1.807) is 31.3 Å². The highest BCUT2D eigenvalue weighted by molar-refractivity contribution is 5.66. The van der Waals surface area contributed by atoms with E-state index in [0.717, 1.165) is 5.56 Å². The summed E-state index contributed by atoms with van der Waals surface area (Å²) in [5.41, 5.74) is 8.12. The smallest absolute Gasteiger partial charge is 0.115 e. The zero-order chi connectivity index (χ0) is 13.7. The van der Waals surface area contributed by atoms with E-state index in [-0.39, 0.29) is 11.9 Å². The van der Waals surface area contributed by atoms with Crippen molar-refractivity contribution in [3.8, 4) is 5.75 Å². The maximum Gasteiger partial charge on any atom is 0.115 e. The quantitative estimate of drug-likeness (QED) is 0.542. The third kappa shape index (κ3) is 3.94. The third-order valence-electron chi connectivity index (χ3n) is 2.47. The first-order valence-electron chi connectivity index (χ1n) is 5.80. The van der Waals surface area contributed by atoms with Crippen LogP contribution in [0.2, 0.25) is 0 Å². The van der Waals surface area contributed by atoms with Gasteiger partial charge in [-0.05, 0) is 43.7 Å². The van der Waals surface area contributed by atoms with Crippen molar-refractivity contribution in [1.82, 2.24) is 5.01 Å². The Labute approximate surface area is 108 Å². The molecule has 0 fully saturated rings. The van der Waals surface area contributed by atoms with Crippen LogP contribution in [-0.4, -0.2) is 29.9 Å². The summed E-state index contributed by atoms with van der Waals surface area (Å²) in [6.07, 6.45) is 0.104. The van der Waals surface area contributed by atoms with Gasteiger partial charge >= 0.3 is 0 Å². The highest BCUT2D eigenvalue weighted by atomic mass is 16.5. The molecule has 1 rings (SSSR count). The SMILES string of the molecule is CC(C)OC/C(=C(/N)c1ccc(O)cc1)N(C)N. The molecule has 5 heteroatoms. The number of ether oxygens (including phenoxy) is 1. The molecule has 0 unspecified atom stereocenters. The fourth-order valence-electron chi connectivity index (χ4n) is 1.42. The molecule has 1 aromatic carbocycles. The second kappa shape index (κ2) is 6.28. The van der Waals surface area contributed by atoms with Gasteiger partial charge in [-0.1, -0.05) is 0 Å². The number of aromatic hydroxyl groups is 1. The zero-order valence-corrected chi connectivity index (χ0v) is 11.1. The topological polar surface area (TPSA) is 84.7 Å². The van der Waals surface area contributed by atoms with Crippen LogP contribution >= 0.6 is 0 Å². The van der Waals surface area contributed by atoms with Crippen molar-refractivity contribution in [2.24, 2.45) is 11.6 Å². The lowest BCUT2D eigenvalue weighted by Crippen LogP contribution is -2.31. The zero-order valence-electron chi connectivity index (χ0n) is 11.1. The lowest BCUT2D eigenvalue weighted by Gasteiger charge is -2.21. The minimum atomic E-state index is 0.104. The number of nitrogens with two attached hydrogens (primary N) is 2. The van der Waals surface area contributed by atoms with Gasteiger partial charge in [0.15, 0.2) is 0 Å². The Bertz CT molecular complexity index is 411. The van der Waals surface area contributed by atoms with Crippen LogP contribution in [0.1, 0.15) is 19.4 Å². The van der Waals surface area contributed by atoms with E-state index in [0.29, 0.717) is 18.0 Å². The normalized spacial score (nSPS) is 12.5. The monoisotopic (exact) mass is 251 g/mol. The number of likely N-dealkylation sites (N-methyl/N-ethyl adjacent to an activating group) is 1. The fourth-order valence-corrected chi connectivity index (χ4v) is 1.42. The summed E-state index contributed by atoms with van der Waals surface area (Å²) >= 11 is 0. The molecule has 0 radical (unpaired) electrons. The molecule has 1 aromatic rings. The Hall–Kier alpha value is -1.72. The van der Waals surface area contributed by atoms with E-state index in [2.05, 4.69) is 0 Å². The highest BCUT2D eigenvalue weighted by Gasteiger charge is 2.10. The highest BCUT2D eigenvalue weighted by Crippen LogP contribution is 2.18. The Morgan fingerprint density at radius 3 is 2.33 bits per heavy atom. The first kappa shape index (κ1) is 14.3. The van der Waals surface area contributed by atoms with Crippen LogP contribution in [0.4, 0.5) is 0 Å². The van der Waals surface area contributed by atoms with Gasteiger partial charge in [-0.15, -0.1) is 0 Å². The summed E-state index contributed by atoms with van der Waals surface area (Å²) in [4.78, 5) is 0. The largest absolute Gasteiger partial charge is 0.508 e. The molecule has 0 spiro atoms. The Kier molecular flexibility index (Phi) is 5.00. The summed E-state index contributed by atoms with van der Waals surface area (Å²) in [6, 6.07) is 6.65. The fraction of sp³-hybridized carbons (Fsp3) is 0.385. The summed E-state index contributed by atoms with van der Waals surface area (Å²) in [6.45, 7) is 4.24. The van der Waals surface area contributed by atoms with Crippen LogP contribution < -0.4 is 11.6 Å². The molecule has 5 N–H and O–H groups in total. The van der Waals surface area contributed by atoms with Gasteiger partial charge in [0, 0.05) is 7.05 Å². The number of rotatable bonds is 5. The Morgan fingerprint density at radius 2 is 1.89 bits per heavy atom. The third-order valence-corrected chi connectivity index (χ3v) is 2.47. The number of hydrogen-bond acceptors (Lipinski definition) is 5. The first-order valence-corrected chi connectivity index (χ1v) is 5.80. The van der Waals surface area contributed by atoms with Crippen molar-refractivity contribution >= 4 is 5.70 Å². The van der Waals surface area contributed by atoms with Crippen LogP contribution in [0.25, 0.3) is 5.70 Å². The summed E-state index contributed by atoms with van der Waals surface area (Å²) in [7, 11) is 1.71. The van der Waals surface area contributed by atoms with E-state index in [4.69, 9.17) is 16.3 Å². The molecular weight excluding hydrogens is 230 g/mol. The van der Waals surface area contributed by atoms with Gasteiger partial charge in [-0.25, -0.2) is 5.84 Å². The van der Waals surface area contributed by atoms with E-state index in [1.807, 2.05) is 13.8 Å². The van der Waals surface area contributed by atoms with Crippen LogP contribution in [0.15, 0.2) is 30.0 Å². The molecule has 5 nitrogen and oxygen atoms in total.